The van der Waals surface area contributed by atoms with Gasteiger partial charge < -0.3 is 10.6 Å². The molecule has 1 aliphatic carbocycles. The average molecular weight is 543 g/mol. The van der Waals surface area contributed by atoms with Gasteiger partial charge in [0.15, 0.2) is 5.96 Å². The lowest BCUT2D eigenvalue weighted by Crippen LogP contribution is -2.47. The minimum atomic E-state index is -3.65. The summed E-state index contributed by atoms with van der Waals surface area (Å²) in [6.45, 7) is 2.65. The Hall–Kier alpha value is -0.720. The fourth-order valence-corrected chi connectivity index (χ4v) is 5.17. The Kier molecular flexibility index (Phi) is 10.9. The van der Waals surface area contributed by atoms with Crippen LogP contribution in [-0.4, -0.2) is 49.2 Å². The molecule has 10 heteroatoms. The van der Waals surface area contributed by atoms with Crippen LogP contribution in [-0.2, 0) is 27.2 Å². The largest absolute Gasteiger partial charge is 0.356 e. The average Bonchev–Trinajstić information content (AvgIpc) is 2.66. The number of hydrogen-bond donors (Lipinski definition) is 3. The smallest absolute Gasteiger partial charge is 0.238 e. The number of nitrogens with two attached hydrogens (primary N) is 1. The molecule has 4 N–H and O–H groups in total. The number of guanidine groups is 1. The monoisotopic (exact) mass is 542 g/mol. The molecule has 0 spiro atoms. The number of nitrogens with zero attached hydrogens (tertiary/aromatic N) is 1. The number of rotatable bonds is 7. The van der Waals surface area contributed by atoms with Crippen LogP contribution in [0, 0.1) is 0 Å². The van der Waals surface area contributed by atoms with Crippen LogP contribution in [0.2, 0.25) is 0 Å². The van der Waals surface area contributed by atoms with Gasteiger partial charge in [-0.2, -0.15) is 0 Å². The number of hydrogen-bond acceptors (Lipinski definition) is 4. The fourth-order valence-electron chi connectivity index (χ4n) is 3.31. The molecule has 0 radical (unpaired) electrons. The summed E-state index contributed by atoms with van der Waals surface area (Å²) in [6, 6.07) is 6.87. The molecule has 0 heterocycles. The molecule has 28 heavy (non-hydrogen) atoms. The normalized spacial score (nSPS) is 21.5. The Balaban J connectivity index is 0.00000392. The van der Waals surface area contributed by atoms with E-state index >= 15 is 0 Å². The zero-order valence-corrected chi connectivity index (χ0v) is 20.4. The Morgan fingerprint density at radius 3 is 2.54 bits per heavy atom. The van der Waals surface area contributed by atoms with Crippen LogP contribution in [0.15, 0.2) is 34.2 Å². The number of primary sulfonamides is 1. The van der Waals surface area contributed by atoms with E-state index in [9.17, 15) is 12.6 Å². The van der Waals surface area contributed by atoms with Crippen LogP contribution >= 0.6 is 24.0 Å². The Morgan fingerprint density at radius 1 is 1.29 bits per heavy atom. The molecule has 0 bridgehead atoms. The van der Waals surface area contributed by atoms with E-state index in [0.29, 0.717) is 18.3 Å². The molecular weight excluding hydrogens is 511 g/mol. The van der Waals surface area contributed by atoms with Crippen molar-refractivity contribution in [2.75, 3.05) is 19.3 Å². The zero-order chi connectivity index (χ0) is 19.9. The van der Waals surface area contributed by atoms with E-state index in [4.69, 9.17) is 5.14 Å². The second-order valence-electron chi connectivity index (χ2n) is 6.74. The van der Waals surface area contributed by atoms with E-state index in [1.54, 1.807) is 19.2 Å². The molecule has 1 aliphatic rings. The van der Waals surface area contributed by atoms with Crippen molar-refractivity contribution in [1.82, 2.24) is 10.6 Å². The van der Waals surface area contributed by atoms with Gasteiger partial charge in [0.05, 0.1) is 4.90 Å². The number of benzene rings is 1. The summed E-state index contributed by atoms with van der Waals surface area (Å²) in [5, 5.41) is 12.1. The molecule has 0 aliphatic heterocycles. The lowest BCUT2D eigenvalue weighted by atomic mass is 9.95. The predicted molar refractivity (Wildman–Crippen MR) is 126 cm³/mol. The van der Waals surface area contributed by atoms with Crippen LogP contribution < -0.4 is 15.8 Å². The van der Waals surface area contributed by atoms with Gasteiger partial charge in [-0.15, -0.1) is 24.0 Å². The summed E-state index contributed by atoms with van der Waals surface area (Å²) >= 11 is 0. The number of aliphatic imine (C=N–C) groups is 1. The highest BCUT2D eigenvalue weighted by molar-refractivity contribution is 14.0. The molecule has 3 unspecified atom stereocenters. The van der Waals surface area contributed by atoms with Crippen molar-refractivity contribution in [1.29, 1.82) is 0 Å². The quantitative estimate of drug-likeness (QED) is 0.276. The highest BCUT2D eigenvalue weighted by atomic mass is 127. The van der Waals surface area contributed by atoms with Gasteiger partial charge in [0.25, 0.3) is 0 Å². The van der Waals surface area contributed by atoms with Crippen molar-refractivity contribution < 1.29 is 12.6 Å². The van der Waals surface area contributed by atoms with Gasteiger partial charge in [-0.05, 0) is 43.4 Å². The third kappa shape index (κ3) is 7.96. The van der Waals surface area contributed by atoms with Crippen LogP contribution in [0.5, 0.6) is 0 Å². The summed E-state index contributed by atoms with van der Waals surface area (Å²) in [6.07, 6.45) is 4.84. The first-order valence-electron chi connectivity index (χ1n) is 9.29. The second-order valence-corrected chi connectivity index (χ2v) is 10.3. The minimum Gasteiger partial charge on any atom is -0.356 e. The summed E-state index contributed by atoms with van der Waals surface area (Å²) in [5.74, 6) is 1.46. The van der Waals surface area contributed by atoms with E-state index in [2.05, 4.69) is 15.6 Å². The van der Waals surface area contributed by atoms with Crippen LogP contribution in [0.25, 0.3) is 0 Å². The van der Waals surface area contributed by atoms with Crippen molar-refractivity contribution >= 4 is 50.8 Å². The first-order chi connectivity index (χ1) is 12.8. The van der Waals surface area contributed by atoms with Gasteiger partial charge in [0.1, 0.15) is 0 Å². The SMILES string of the molecule is CCS(=O)C1CCCC(NC(=NC)NCCc2ccc(S(N)(=O)=O)cc2)C1.I. The maximum absolute atomic E-state index is 12.1. The lowest BCUT2D eigenvalue weighted by molar-refractivity contribution is 0.413. The zero-order valence-electron chi connectivity index (χ0n) is 16.4. The summed E-state index contributed by atoms with van der Waals surface area (Å²) < 4.78 is 34.6. The van der Waals surface area contributed by atoms with Crippen molar-refractivity contribution in [2.24, 2.45) is 10.1 Å². The first-order valence-corrected chi connectivity index (χ1v) is 12.2. The standard InChI is InChI=1S/C18H30N4O3S2.HI/c1-3-26(23)16-6-4-5-15(13-16)22-18(20-2)21-12-11-14-7-9-17(10-8-14)27(19,24)25;/h7-10,15-16H,3-6,11-13H2,1-2H3,(H2,19,24,25)(H2,20,21,22);1H. The number of sulfonamides is 1. The van der Waals surface area contributed by atoms with Crippen LogP contribution in [0.1, 0.15) is 38.2 Å². The summed E-state index contributed by atoms with van der Waals surface area (Å²) in [4.78, 5) is 4.39. The fraction of sp³-hybridized carbons (Fsp3) is 0.611. The predicted octanol–water partition coefficient (Wildman–Crippen LogP) is 1.74. The Morgan fingerprint density at radius 2 is 1.96 bits per heavy atom. The van der Waals surface area contributed by atoms with Gasteiger partial charge in [-0.1, -0.05) is 25.5 Å². The van der Waals surface area contributed by atoms with Crippen molar-refractivity contribution in [2.45, 2.75) is 55.2 Å². The topological polar surface area (TPSA) is 114 Å². The van der Waals surface area contributed by atoms with Gasteiger partial charge in [0, 0.05) is 41.4 Å². The maximum atomic E-state index is 12.1. The summed E-state index contributed by atoms with van der Waals surface area (Å²) in [5.41, 5.74) is 1.02. The van der Waals surface area contributed by atoms with E-state index < -0.39 is 20.8 Å². The molecule has 1 aromatic carbocycles. The van der Waals surface area contributed by atoms with Crippen molar-refractivity contribution in [3.05, 3.63) is 29.8 Å². The van der Waals surface area contributed by atoms with Crippen LogP contribution in [0.3, 0.4) is 0 Å². The second kappa shape index (κ2) is 12.1. The third-order valence-corrected chi connectivity index (χ3v) is 7.47. The summed E-state index contributed by atoms with van der Waals surface area (Å²) in [7, 11) is -2.66. The number of halogens is 1. The van der Waals surface area contributed by atoms with E-state index in [0.717, 1.165) is 43.6 Å². The van der Waals surface area contributed by atoms with Crippen LogP contribution in [0.4, 0.5) is 0 Å². The molecule has 1 aromatic rings. The third-order valence-electron chi connectivity index (χ3n) is 4.80. The van der Waals surface area contributed by atoms with E-state index in [1.165, 1.54) is 12.1 Å². The van der Waals surface area contributed by atoms with Crippen molar-refractivity contribution in [3.8, 4) is 0 Å². The highest BCUT2D eigenvalue weighted by Crippen LogP contribution is 2.22. The van der Waals surface area contributed by atoms with E-state index in [1.807, 2.05) is 6.92 Å². The highest BCUT2D eigenvalue weighted by Gasteiger charge is 2.25. The molecule has 1 fully saturated rings. The molecule has 2 rings (SSSR count). The van der Waals surface area contributed by atoms with Gasteiger partial charge in [-0.3, -0.25) is 9.20 Å². The molecule has 0 amide bonds. The Labute approximate surface area is 187 Å². The molecule has 3 atom stereocenters. The molecule has 1 saturated carbocycles. The van der Waals surface area contributed by atoms with E-state index in [-0.39, 0.29) is 34.1 Å². The lowest BCUT2D eigenvalue weighted by Gasteiger charge is -2.30. The first kappa shape index (κ1) is 25.3. The van der Waals surface area contributed by atoms with Crippen molar-refractivity contribution in [3.63, 3.8) is 0 Å². The number of nitrogens with one attached hydrogen (secondary N) is 2. The van der Waals surface area contributed by atoms with Gasteiger partial charge >= 0.3 is 0 Å². The molecule has 7 nitrogen and oxygen atoms in total. The molecular formula is C18H31IN4O3S2. The molecule has 160 valence electrons. The maximum Gasteiger partial charge on any atom is 0.238 e. The molecule has 0 aromatic heterocycles. The Bertz CT molecular complexity index is 770. The van der Waals surface area contributed by atoms with Gasteiger partial charge in [0.2, 0.25) is 10.0 Å². The van der Waals surface area contributed by atoms with Gasteiger partial charge in [-0.25, -0.2) is 13.6 Å². The minimum absolute atomic E-state index is 0. The molecule has 0 saturated heterocycles.